The van der Waals surface area contributed by atoms with Gasteiger partial charge in [-0.25, -0.2) is 4.79 Å². The fourth-order valence-electron chi connectivity index (χ4n) is 3.02. The first kappa shape index (κ1) is 22.2. The molecule has 0 aromatic heterocycles. The standard InChI is InChI=1S/C20H26N2O7/c1-5-6-9-20(2)18(25)22(19(26)21-20)11-17(24)29-12-15(23)14-8-7-13(27-3)10-16(14)28-4/h7-8,10H,5-6,9,11-12H2,1-4H3,(H,21,26)/t20-/m1/s1. The van der Waals surface area contributed by atoms with E-state index in [4.69, 9.17) is 14.2 Å². The van der Waals surface area contributed by atoms with Crippen molar-refractivity contribution in [1.29, 1.82) is 0 Å². The second kappa shape index (κ2) is 9.40. The summed E-state index contributed by atoms with van der Waals surface area (Å²) in [5.41, 5.74) is -0.803. The summed E-state index contributed by atoms with van der Waals surface area (Å²) in [5, 5.41) is 2.62. The smallest absolute Gasteiger partial charge is 0.326 e. The van der Waals surface area contributed by atoms with Gasteiger partial charge in [0.05, 0.1) is 19.8 Å². The van der Waals surface area contributed by atoms with Crippen LogP contribution in [-0.2, 0) is 14.3 Å². The van der Waals surface area contributed by atoms with Gasteiger partial charge in [0.15, 0.2) is 6.61 Å². The monoisotopic (exact) mass is 406 g/mol. The molecule has 1 saturated heterocycles. The number of unbranched alkanes of at least 4 members (excludes halogenated alkanes) is 1. The highest BCUT2D eigenvalue weighted by Crippen LogP contribution is 2.25. The van der Waals surface area contributed by atoms with Crippen LogP contribution in [0.15, 0.2) is 18.2 Å². The molecule has 0 aliphatic carbocycles. The third kappa shape index (κ3) is 5.04. The van der Waals surface area contributed by atoms with E-state index in [0.717, 1.165) is 17.7 Å². The average Bonchev–Trinajstić information content (AvgIpc) is 2.93. The number of Topliss-reactive ketones (excluding diaryl/α,β-unsaturated/α-hetero) is 1. The van der Waals surface area contributed by atoms with Gasteiger partial charge in [0, 0.05) is 6.07 Å². The quantitative estimate of drug-likeness (QED) is 0.359. The SMILES string of the molecule is CCCC[C@@]1(C)NC(=O)N(CC(=O)OCC(=O)c2ccc(OC)cc2OC)C1=O. The summed E-state index contributed by atoms with van der Waals surface area (Å²) >= 11 is 0. The summed E-state index contributed by atoms with van der Waals surface area (Å²) in [7, 11) is 2.89. The number of methoxy groups -OCH3 is 2. The molecule has 29 heavy (non-hydrogen) atoms. The Morgan fingerprint density at radius 2 is 1.90 bits per heavy atom. The van der Waals surface area contributed by atoms with Crippen LogP contribution in [0.5, 0.6) is 11.5 Å². The number of amides is 3. The van der Waals surface area contributed by atoms with Gasteiger partial charge in [0.2, 0.25) is 5.78 Å². The van der Waals surface area contributed by atoms with Gasteiger partial charge >= 0.3 is 12.0 Å². The van der Waals surface area contributed by atoms with E-state index in [1.54, 1.807) is 19.1 Å². The molecular weight excluding hydrogens is 380 g/mol. The van der Waals surface area contributed by atoms with Gasteiger partial charge < -0.3 is 19.5 Å². The van der Waals surface area contributed by atoms with Crippen LogP contribution in [0.3, 0.4) is 0 Å². The van der Waals surface area contributed by atoms with Gasteiger partial charge in [-0.15, -0.1) is 0 Å². The number of imide groups is 1. The molecule has 3 amide bonds. The first-order valence-electron chi connectivity index (χ1n) is 9.30. The number of hydrogen-bond acceptors (Lipinski definition) is 7. The van der Waals surface area contributed by atoms with E-state index >= 15 is 0 Å². The van der Waals surface area contributed by atoms with Crippen molar-refractivity contribution in [2.45, 2.75) is 38.6 Å². The number of nitrogens with zero attached hydrogens (tertiary/aromatic N) is 1. The van der Waals surface area contributed by atoms with Gasteiger partial charge in [0.1, 0.15) is 23.6 Å². The number of hydrogen-bond donors (Lipinski definition) is 1. The minimum absolute atomic E-state index is 0.225. The normalized spacial score (nSPS) is 18.4. The van der Waals surface area contributed by atoms with Crippen molar-refractivity contribution in [2.24, 2.45) is 0 Å². The van der Waals surface area contributed by atoms with E-state index in [0.29, 0.717) is 12.2 Å². The zero-order chi connectivity index (χ0) is 21.6. The molecule has 2 rings (SSSR count). The van der Waals surface area contributed by atoms with Gasteiger partial charge in [0.25, 0.3) is 5.91 Å². The van der Waals surface area contributed by atoms with Crippen LogP contribution in [0.25, 0.3) is 0 Å². The van der Waals surface area contributed by atoms with Crippen molar-refractivity contribution >= 4 is 23.7 Å². The highest BCUT2D eigenvalue weighted by molar-refractivity contribution is 6.08. The predicted molar refractivity (Wildman–Crippen MR) is 103 cm³/mol. The van der Waals surface area contributed by atoms with Crippen LogP contribution in [-0.4, -0.2) is 61.5 Å². The van der Waals surface area contributed by atoms with Gasteiger partial charge in [-0.05, 0) is 25.5 Å². The van der Waals surface area contributed by atoms with Crippen LogP contribution >= 0.6 is 0 Å². The highest BCUT2D eigenvalue weighted by atomic mass is 16.5. The molecule has 0 unspecified atom stereocenters. The maximum atomic E-state index is 12.5. The molecule has 1 fully saturated rings. The molecule has 1 aliphatic rings. The summed E-state index contributed by atoms with van der Waals surface area (Å²) in [6, 6.07) is 3.99. The van der Waals surface area contributed by atoms with Crippen molar-refractivity contribution in [3.8, 4) is 11.5 Å². The van der Waals surface area contributed by atoms with Crippen LogP contribution < -0.4 is 14.8 Å². The number of urea groups is 1. The molecule has 0 bridgehead atoms. The Balaban J connectivity index is 1.95. The van der Waals surface area contributed by atoms with Crippen LogP contribution in [0.1, 0.15) is 43.5 Å². The summed E-state index contributed by atoms with van der Waals surface area (Å²) in [6.45, 7) is 2.51. The number of ether oxygens (including phenoxy) is 3. The minimum atomic E-state index is -1.03. The Labute approximate surface area is 169 Å². The first-order chi connectivity index (χ1) is 13.8. The van der Waals surface area contributed by atoms with E-state index in [9.17, 15) is 19.2 Å². The lowest BCUT2D eigenvalue weighted by atomic mass is 9.95. The molecule has 1 N–H and O–H groups in total. The Morgan fingerprint density at radius 3 is 2.52 bits per heavy atom. The predicted octanol–water partition coefficient (Wildman–Crippen LogP) is 1.93. The van der Waals surface area contributed by atoms with Crippen molar-refractivity contribution in [1.82, 2.24) is 10.2 Å². The molecule has 0 spiro atoms. The van der Waals surface area contributed by atoms with E-state index in [-0.39, 0.29) is 11.3 Å². The summed E-state index contributed by atoms with van der Waals surface area (Å²) in [4.78, 5) is 49.9. The Kier molecular flexibility index (Phi) is 7.19. The van der Waals surface area contributed by atoms with E-state index < -0.39 is 42.4 Å². The third-order valence-electron chi connectivity index (χ3n) is 4.74. The van der Waals surface area contributed by atoms with Crippen LogP contribution in [0.4, 0.5) is 4.79 Å². The lowest BCUT2D eigenvalue weighted by Gasteiger charge is -2.21. The molecule has 9 nitrogen and oxygen atoms in total. The van der Waals surface area contributed by atoms with E-state index in [2.05, 4.69) is 5.32 Å². The lowest BCUT2D eigenvalue weighted by molar-refractivity contribution is -0.146. The van der Waals surface area contributed by atoms with Crippen molar-refractivity contribution < 1.29 is 33.4 Å². The van der Waals surface area contributed by atoms with Gasteiger partial charge in [-0.1, -0.05) is 19.8 Å². The number of esters is 1. The highest BCUT2D eigenvalue weighted by Gasteiger charge is 2.47. The topological polar surface area (TPSA) is 111 Å². The molecule has 1 aliphatic heterocycles. The Bertz CT molecular complexity index is 808. The zero-order valence-corrected chi connectivity index (χ0v) is 17.1. The molecule has 0 saturated carbocycles. The molecule has 158 valence electrons. The molecule has 9 heteroatoms. The van der Waals surface area contributed by atoms with Crippen LogP contribution in [0, 0.1) is 0 Å². The fourth-order valence-corrected chi connectivity index (χ4v) is 3.02. The first-order valence-corrected chi connectivity index (χ1v) is 9.30. The number of rotatable bonds is 10. The van der Waals surface area contributed by atoms with Crippen molar-refractivity contribution in [2.75, 3.05) is 27.4 Å². The molecule has 1 aromatic rings. The maximum Gasteiger partial charge on any atom is 0.326 e. The number of nitrogens with one attached hydrogen (secondary N) is 1. The van der Waals surface area contributed by atoms with E-state index in [1.165, 1.54) is 20.3 Å². The molecule has 0 radical (unpaired) electrons. The molecule has 1 atom stereocenters. The largest absolute Gasteiger partial charge is 0.497 e. The summed E-state index contributed by atoms with van der Waals surface area (Å²) < 4.78 is 15.2. The number of carbonyl (C=O) groups is 4. The minimum Gasteiger partial charge on any atom is -0.497 e. The fraction of sp³-hybridized carbons (Fsp3) is 0.500. The van der Waals surface area contributed by atoms with Gasteiger partial charge in [-0.2, -0.15) is 0 Å². The summed E-state index contributed by atoms with van der Waals surface area (Å²) in [5.74, 6) is -1.01. The number of carbonyl (C=O) groups excluding carboxylic acids is 4. The molecular formula is C20H26N2O7. The second-order valence-electron chi connectivity index (χ2n) is 6.91. The Hall–Kier alpha value is -3.10. The lowest BCUT2D eigenvalue weighted by Crippen LogP contribution is -2.44. The zero-order valence-electron chi connectivity index (χ0n) is 17.1. The average molecular weight is 406 g/mol. The van der Waals surface area contributed by atoms with Gasteiger partial charge in [-0.3, -0.25) is 19.3 Å². The second-order valence-corrected chi connectivity index (χ2v) is 6.91. The van der Waals surface area contributed by atoms with Crippen LogP contribution in [0.2, 0.25) is 0 Å². The Morgan fingerprint density at radius 1 is 1.17 bits per heavy atom. The van der Waals surface area contributed by atoms with E-state index in [1.807, 2.05) is 6.92 Å². The number of benzene rings is 1. The third-order valence-corrected chi connectivity index (χ3v) is 4.74. The molecule has 1 heterocycles. The molecule has 1 aromatic carbocycles. The number of ketones is 1. The van der Waals surface area contributed by atoms with Crippen molar-refractivity contribution in [3.63, 3.8) is 0 Å². The summed E-state index contributed by atoms with van der Waals surface area (Å²) in [6.07, 6.45) is 2.12. The maximum absolute atomic E-state index is 12.5. The van der Waals surface area contributed by atoms with Crippen molar-refractivity contribution in [3.05, 3.63) is 23.8 Å².